The number of aromatic nitrogens is 2. The second-order valence-corrected chi connectivity index (χ2v) is 5.94. The van der Waals surface area contributed by atoms with E-state index in [0.29, 0.717) is 23.8 Å². The lowest BCUT2D eigenvalue weighted by Gasteiger charge is -2.20. The van der Waals surface area contributed by atoms with E-state index in [2.05, 4.69) is 31.4 Å². The predicted molar refractivity (Wildman–Crippen MR) is 76.6 cm³/mol. The lowest BCUT2D eigenvalue weighted by molar-refractivity contribution is 0.316. The first-order valence-electron chi connectivity index (χ1n) is 6.82. The third-order valence-corrected chi connectivity index (χ3v) is 4.38. The lowest BCUT2D eigenvalue weighted by Crippen LogP contribution is -2.30. The number of hydrogen-bond acceptors (Lipinski definition) is 4. The van der Waals surface area contributed by atoms with Gasteiger partial charge in [-0.1, -0.05) is 5.16 Å². The number of rotatable bonds is 3. The summed E-state index contributed by atoms with van der Waals surface area (Å²) in [5, 5.41) is 7.19. The molecule has 0 bridgehead atoms. The molecule has 1 aromatic heterocycles. The molecule has 3 rings (SSSR count). The monoisotopic (exact) mass is 357 g/mol. The largest absolute Gasteiger partial charge is 0.339 e. The van der Waals surface area contributed by atoms with Crippen molar-refractivity contribution in [1.29, 1.82) is 0 Å². The van der Waals surface area contributed by atoms with Gasteiger partial charge in [0.05, 0.1) is 4.47 Å². The highest BCUT2D eigenvalue weighted by Gasteiger charge is 2.20. The first-order valence-corrected chi connectivity index (χ1v) is 7.61. The highest BCUT2D eigenvalue weighted by Crippen LogP contribution is 2.30. The van der Waals surface area contributed by atoms with Crippen molar-refractivity contribution in [2.24, 2.45) is 5.92 Å². The van der Waals surface area contributed by atoms with Crippen LogP contribution in [-0.2, 0) is 6.42 Å². The highest BCUT2D eigenvalue weighted by atomic mass is 79.9. The summed E-state index contributed by atoms with van der Waals surface area (Å²) < 4.78 is 31.9. The Bertz CT molecular complexity index is 641. The Balaban J connectivity index is 1.80. The summed E-state index contributed by atoms with van der Waals surface area (Å²) in [6.45, 7) is 1.99. The minimum absolute atomic E-state index is 0.00850. The zero-order valence-electron chi connectivity index (χ0n) is 11.2. The molecule has 7 heteroatoms. The third kappa shape index (κ3) is 3.13. The van der Waals surface area contributed by atoms with E-state index in [1.54, 1.807) is 0 Å². The van der Waals surface area contributed by atoms with Crippen LogP contribution < -0.4 is 5.32 Å². The number of nitrogens with one attached hydrogen (secondary N) is 1. The first-order chi connectivity index (χ1) is 10.1. The number of piperidine rings is 1. The van der Waals surface area contributed by atoms with Crippen LogP contribution in [0.25, 0.3) is 11.4 Å². The van der Waals surface area contributed by atoms with E-state index in [-0.39, 0.29) is 10.3 Å². The average Bonchev–Trinajstić information content (AvgIpc) is 2.94. The molecule has 0 aliphatic carbocycles. The van der Waals surface area contributed by atoms with Crippen LogP contribution in [0.4, 0.5) is 8.78 Å². The topological polar surface area (TPSA) is 51.0 Å². The van der Waals surface area contributed by atoms with Gasteiger partial charge in [-0.05, 0) is 59.9 Å². The molecule has 1 atom stereocenters. The van der Waals surface area contributed by atoms with Crippen LogP contribution in [0.2, 0.25) is 0 Å². The number of benzene rings is 1. The Kier molecular flexibility index (Phi) is 4.30. The second-order valence-electron chi connectivity index (χ2n) is 5.15. The standard InChI is InChI=1S/C14H14BrF2N3O/c15-12-9(3-4-10(16)13(12)17)14-19-11(21-20-14)6-8-2-1-5-18-7-8/h3-4,8,18H,1-2,5-7H2. The van der Waals surface area contributed by atoms with Crippen molar-refractivity contribution < 1.29 is 13.3 Å². The molecule has 1 N–H and O–H groups in total. The molecule has 0 radical (unpaired) electrons. The minimum atomic E-state index is -0.949. The molecule has 1 aromatic carbocycles. The molecule has 1 fully saturated rings. The summed E-state index contributed by atoms with van der Waals surface area (Å²) in [6.07, 6.45) is 2.96. The fraction of sp³-hybridized carbons (Fsp3) is 0.429. The Morgan fingerprint density at radius 2 is 2.24 bits per heavy atom. The normalized spacial score (nSPS) is 18.9. The predicted octanol–water partition coefficient (Wildman–Crippen LogP) is 3.32. The van der Waals surface area contributed by atoms with E-state index in [4.69, 9.17) is 4.52 Å². The van der Waals surface area contributed by atoms with Gasteiger partial charge in [-0.25, -0.2) is 8.78 Å². The average molecular weight is 358 g/mol. The Morgan fingerprint density at radius 1 is 1.38 bits per heavy atom. The molecule has 4 nitrogen and oxygen atoms in total. The quantitative estimate of drug-likeness (QED) is 0.856. The molecule has 0 spiro atoms. The van der Waals surface area contributed by atoms with E-state index < -0.39 is 11.6 Å². The van der Waals surface area contributed by atoms with Gasteiger partial charge in [-0.2, -0.15) is 4.98 Å². The maximum atomic E-state index is 13.5. The molecular weight excluding hydrogens is 344 g/mol. The smallest absolute Gasteiger partial charge is 0.227 e. The van der Waals surface area contributed by atoms with Gasteiger partial charge in [-0.15, -0.1) is 0 Å². The maximum absolute atomic E-state index is 13.5. The van der Waals surface area contributed by atoms with Crippen molar-refractivity contribution >= 4 is 15.9 Å². The van der Waals surface area contributed by atoms with Gasteiger partial charge in [0.1, 0.15) is 0 Å². The number of nitrogens with zero attached hydrogens (tertiary/aromatic N) is 2. The van der Waals surface area contributed by atoms with Crippen LogP contribution in [0.1, 0.15) is 18.7 Å². The summed E-state index contributed by atoms with van der Waals surface area (Å²) in [7, 11) is 0. The van der Waals surface area contributed by atoms with Crippen molar-refractivity contribution in [3.8, 4) is 11.4 Å². The fourth-order valence-corrected chi connectivity index (χ4v) is 2.99. The summed E-state index contributed by atoms with van der Waals surface area (Å²) in [5.41, 5.74) is 0.380. The summed E-state index contributed by atoms with van der Waals surface area (Å²) >= 11 is 3.03. The van der Waals surface area contributed by atoms with Gasteiger partial charge in [0, 0.05) is 12.0 Å². The first kappa shape index (κ1) is 14.6. The highest BCUT2D eigenvalue weighted by molar-refractivity contribution is 9.10. The van der Waals surface area contributed by atoms with Crippen molar-refractivity contribution in [1.82, 2.24) is 15.5 Å². The van der Waals surface area contributed by atoms with Gasteiger partial charge >= 0.3 is 0 Å². The van der Waals surface area contributed by atoms with Crippen LogP contribution in [0.5, 0.6) is 0 Å². The molecule has 0 amide bonds. The van der Waals surface area contributed by atoms with Crippen molar-refractivity contribution in [3.05, 3.63) is 34.1 Å². The Hall–Kier alpha value is -1.34. The number of hydrogen-bond donors (Lipinski definition) is 1. The van der Waals surface area contributed by atoms with E-state index in [1.807, 2.05) is 0 Å². The molecule has 1 saturated heterocycles. The van der Waals surface area contributed by atoms with E-state index in [9.17, 15) is 8.78 Å². The van der Waals surface area contributed by atoms with Crippen molar-refractivity contribution in [2.45, 2.75) is 19.3 Å². The van der Waals surface area contributed by atoms with Gasteiger partial charge < -0.3 is 9.84 Å². The van der Waals surface area contributed by atoms with Crippen molar-refractivity contribution in [2.75, 3.05) is 13.1 Å². The lowest BCUT2D eigenvalue weighted by atomic mass is 9.96. The van der Waals surface area contributed by atoms with Crippen molar-refractivity contribution in [3.63, 3.8) is 0 Å². The molecule has 0 saturated carbocycles. The van der Waals surface area contributed by atoms with E-state index in [0.717, 1.165) is 32.0 Å². The van der Waals surface area contributed by atoms with Gasteiger partial charge in [-0.3, -0.25) is 0 Å². The van der Waals surface area contributed by atoms with Gasteiger partial charge in [0.2, 0.25) is 11.7 Å². The molecule has 1 aliphatic rings. The van der Waals surface area contributed by atoms with Gasteiger partial charge in [0.15, 0.2) is 11.6 Å². The van der Waals surface area contributed by atoms with Gasteiger partial charge in [0.25, 0.3) is 0 Å². The molecule has 1 aliphatic heterocycles. The minimum Gasteiger partial charge on any atom is -0.339 e. The van der Waals surface area contributed by atoms with E-state index >= 15 is 0 Å². The molecular formula is C14H14BrF2N3O. The van der Waals surface area contributed by atoms with Crippen LogP contribution in [-0.4, -0.2) is 23.2 Å². The number of halogens is 3. The maximum Gasteiger partial charge on any atom is 0.227 e. The molecule has 1 unspecified atom stereocenters. The third-order valence-electron chi connectivity index (χ3n) is 3.61. The fourth-order valence-electron chi connectivity index (χ4n) is 2.49. The van der Waals surface area contributed by atoms with Crippen LogP contribution >= 0.6 is 15.9 Å². The summed E-state index contributed by atoms with van der Waals surface area (Å²) in [5.74, 6) is -0.603. The zero-order chi connectivity index (χ0) is 14.8. The molecule has 21 heavy (non-hydrogen) atoms. The van der Waals surface area contributed by atoms with Crippen LogP contribution in [0.15, 0.2) is 21.1 Å². The van der Waals surface area contributed by atoms with Crippen LogP contribution in [0.3, 0.4) is 0 Å². The Labute approximate surface area is 129 Å². The Morgan fingerprint density at radius 3 is 3.00 bits per heavy atom. The summed E-state index contributed by atoms with van der Waals surface area (Å²) in [6, 6.07) is 2.48. The molecule has 112 valence electrons. The summed E-state index contributed by atoms with van der Waals surface area (Å²) in [4.78, 5) is 4.28. The van der Waals surface area contributed by atoms with E-state index in [1.165, 1.54) is 6.07 Å². The SMILES string of the molecule is Fc1ccc(-c2noc(CC3CCCNC3)n2)c(Br)c1F. The van der Waals surface area contributed by atoms with Crippen LogP contribution in [0, 0.1) is 17.6 Å². The molecule has 2 heterocycles. The zero-order valence-corrected chi connectivity index (χ0v) is 12.8. The second kappa shape index (κ2) is 6.19. The molecule has 2 aromatic rings.